The van der Waals surface area contributed by atoms with E-state index in [9.17, 15) is 4.79 Å². The molecule has 1 unspecified atom stereocenters. The molecule has 0 fully saturated rings. The maximum absolute atomic E-state index is 13.0. The van der Waals surface area contributed by atoms with Gasteiger partial charge < -0.3 is 19.5 Å². The van der Waals surface area contributed by atoms with Crippen LogP contribution < -0.4 is 14.8 Å². The number of anilines is 1. The van der Waals surface area contributed by atoms with Crippen molar-refractivity contribution in [3.8, 4) is 11.5 Å². The topological polar surface area (TPSA) is 87.5 Å². The third kappa shape index (κ3) is 4.40. The van der Waals surface area contributed by atoms with Crippen LogP contribution in [-0.4, -0.2) is 47.3 Å². The van der Waals surface area contributed by atoms with E-state index in [1.807, 2.05) is 32.0 Å². The summed E-state index contributed by atoms with van der Waals surface area (Å²) >= 11 is 1.55. The minimum Gasteiger partial charge on any atom is -0.493 e. The molecule has 0 aliphatic carbocycles. The largest absolute Gasteiger partial charge is 0.493 e. The molecule has 9 heteroatoms. The van der Waals surface area contributed by atoms with E-state index >= 15 is 0 Å². The van der Waals surface area contributed by atoms with Gasteiger partial charge in [0, 0.05) is 5.70 Å². The Morgan fingerprint density at radius 3 is 2.67 bits per heavy atom. The quantitative estimate of drug-likeness (QED) is 0.361. The molecule has 0 bridgehead atoms. The molecule has 8 nitrogen and oxygen atoms in total. The highest BCUT2D eigenvalue weighted by molar-refractivity contribution is 7.99. The van der Waals surface area contributed by atoms with Crippen molar-refractivity contribution in [2.45, 2.75) is 44.8 Å². The van der Waals surface area contributed by atoms with Crippen LogP contribution in [0.5, 0.6) is 11.5 Å². The molecule has 30 heavy (non-hydrogen) atoms. The Morgan fingerprint density at radius 2 is 2.00 bits per heavy atom. The van der Waals surface area contributed by atoms with E-state index in [-0.39, 0.29) is 5.97 Å². The van der Waals surface area contributed by atoms with Gasteiger partial charge in [-0.05, 0) is 36.8 Å². The smallest absolute Gasteiger partial charge is 0.338 e. The molecule has 0 saturated heterocycles. The van der Waals surface area contributed by atoms with Gasteiger partial charge in [0.1, 0.15) is 6.04 Å². The Hall–Kier alpha value is -2.68. The van der Waals surface area contributed by atoms with Gasteiger partial charge in [0.2, 0.25) is 11.1 Å². The van der Waals surface area contributed by atoms with Crippen molar-refractivity contribution in [1.82, 2.24) is 14.8 Å². The van der Waals surface area contributed by atoms with Crippen molar-refractivity contribution in [1.29, 1.82) is 0 Å². The summed E-state index contributed by atoms with van der Waals surface area (Å²) in [6.45, 7) is 6.34. The Labute approximate surface area is 181 Å². The fraction of sp³-hybridized carbons (Fsp3) is 0.476. The molecule has 2 heterocycles. The average molecular weight is 433 g/mol. The summed E-state index contributed by atoms with van der Waals surface area (Å²) in [7, 11) is 3.17. The SMILES string of the molecule is CCCCOC(=O)C1=C(C)Nc2nc(SCC)nn2C1c1ccc(OC)c(OC)c1. The van der Waals surface area contributed by atoms with E-state index in [0.717, 1.165) is 24.2 Å². The first-order chi connectivity index (χ1) is 14.5. The summed E-state index contributed by atoms with van der Waals surface area (Å²) in [5.74, 6) is 2.27. The number of esters is 1. The Kier molecular flexibility index (Phi) is 7.25. The number of fused-ring (bicyclic) bond motifs is 1. The summed E-state index contributed by atoms with van der Waals surface area (Å²) in [6, 6.07) is 5.10. The number of aromatic nitrogens is 3. The van der Waals surface area contributed by atoms with E-state index in [1.54, 1.807) is 30.7 Å². The van der Waals surface area contributed by atoms with Gasteiger partial charge in [-0.3, -0.25) is 0 Å². The lowest BCUT2D eigenvalue weighted by atomic mass is 9.95. The Morgan fingerprint density at radius 1 is 1.23 bits per heavy atom. The predicted octanol–water partition coefficient (Wildman–Crippen LogP) is 4.04. The van der Waals surface area contributed by atoms with E-state index in [2.05, 4.69) is 22.3 Å². The minimum absolute atomic E-state index is 0.362. The van der Waals surface area contributed by atoms with Crippen molar-refractivity contribution < 1.29 is 19.0 Å². The second-order valence-electron chi connectivity index (χ2n) is 6.77. The van der Waals surface area contributed by atoms with Gasteiger partial charge in [0.25, 0.3) is 0 Å². The standard InChI is InChI=1S/C21H28N4O4S/c1-6-8-11-29-19(26)17-13(3)22-20-23-21(30-7-2)24-25(20)18(17)14-9-10-15(27-4)16(12-14)28-5/h9-10,12,18H,6-8,11H2,1-5H3,(H,22,23,24). The monoisotopic (exact) mass is 432 g/mol. The van der Waals surface area contributed by atoms with Crippen LogP contribution in [0.3, 0.4) is 0 Å². The molecule has 2 aromatic rings. The number of unbranched alkanes of at least 4 members (excludes halogenated alkanes) is 1. The highest BCUT2D eigenvalue weighted by Crippen LogP contribution is 2.39. The number of nitrogens with zero attached hydrogens (tertiary/aromatic N) is 3. The van der Waals surface area contributed by atoms with Gasteiger partial charge in [0.05, 0.1) is 26.4 Å². The van der Waals surface area contributed by atoms with Gasteiger partial charge in [0.15, 0.2) is 11.5 Å². The average Bonchev–Trinajstić information content (AvgIpc) is 3.14. The molecule has 0 spiro atoms. The van der Waals surface area contributed by atoms with E-state index in [1.165, 1.54) is 0 Å². The van der Waals surface area contributed by atoms with Crippen LogP contribution in [0.15, 0.2) is 34.6 Å². The molecule has 1 aromatic heterocycles. The molecule has 0 radical (unpaired) electrons. The molecule has 1 N–H and O–H groups in total. The number of carbonyl (C=O) groups is 1. The number of ether oxygens (including phenoxy) is 3. The highest BCUT2D eigenvalue weighted by Gasteiger charge is 2.35. The van der Waals surface area contributed by atoms with Gasteiger partial charge in [-0.15, -0.1) is 5.10 Å². The zero-order chi connectivity index (χ0) is 21.7. The number of rotatable bonds is 9. The van der Waals surface area contributed by atoms with Crippen molar-refractivity contribution in [2.24, 2.45) is 0 Å². The van der Waals surface area contributed by atoms with Crippen LogP contribution in [0.4, 0.5) is 5.95 Å². The Balaban J connectivity index is 2.09. The first-order valence-corrected chi connectivity index (χ1v) is 11.0. The number of thioether (sulfide) groups is 1. The van der Waals surface area contributed by atoms with Crippen LogP contribution in [0.2, 0.25) is 0 Å². The van der Waals surface area contributed by atoms with Gasteiger partial charge in [-0.1, -0.05) is 38.1 Å². The molecule has 3 rings (SSSR count). The van der Waals surface area contributed by atoms with Crippen LogP contribution in [-0.2, 0) is 9.53 Å². The first kappa shape index (κ1) is 22.0. The fourth-order valence-electron chi connectivity index (χ4n) is 3.30. The molecule has 1 aliphatic rings. The first-order valence-electron chi connectivity index (χ1n) is 10.00. The zero-order valence-electron chi connectivity index (χ0n) is 18.0. The maximum Gasteiger partial charge on any atom is 0.338 e. The van der Waals surface area contributed by atoms with E-state index in [0.29, 0.717) is 40.5 Å². The van der Waals surface area contributed by atoms with Gasteiger partial charge in [-0.2, -0.15) is 4.98 Å². The normalized spacial score (nSPS) is 15.4. The molecular weight excluding hydrogens is 404 g/mol. The van der Waals surface area contributed by atoms with Crippen molar-refractivity contribution in [3.05, 3.63) is 35.0 Å². The van der Waals surface area contributed by atoms with Crippen LogP contribution >= 0.6 is 11.8 Å². The van der Waals surface area contributed by atoms with Crippen LogP contribution in [0, 0.1) is 0 Å². The third-order valence-corrected chi connectivity index (χ3v) is 5.50. The number of benzene rings is 1. The predicted molar refractivity (Wildman–Crippen MR) is 116 cm³/mol. The molecule has 1 aromatic carbocycles. The van der Waals surface area contributed by atoms with Crippen LogP contribution in [0.1, 0.15) is 45.2 Å². The number of hydrogen-bond donors (Lipinski definition) is 1. The lowest BCUT2D eigenvalue weighted by Gasteiger charge is -2.28. The number of hydrogen-bond acceptors (Lipinski definition) is 8. The van der Waals surface area contributed by atoms with E-state index < -0.39 is 6.04 Å². The van der Waals surface area contributed by atoms with Crippen molar-refractivity contribution in [2.75, 3.05) is 31.9 Å². The number of carbonyl (C=O) groups excluding carboxylic acids is 1. The van der Waals surface area contributed by atoms with Crippen molar-refractivity contribution in [3.63, 3.8) is 0 Å². The lowest BCUT2D eigenvalue weighted by molar-refractivity contribution is -0.139. The number of allylic oxidation sites excluding steroid dienone is 1. The summed E-state index contributed by atoms with van der Waals surface area (Å²) in [6.07, 6.45) is 1.77. The fourth-order valence-corrected chi connectivity index (χ4v) is 3.86. The molecule has 0 amide bonds. The van der Waals surface area contributed by atoms with E-state index in [4.69, 9.17) is 14.2 Å². The highest BCUT2D eigenvalue weighted by atomic mass is 32.2. The number of nitrogens with one attached hydrogen (secondary N) is 1. The second kappa shape index (κ2) is 9.88. The number of methoxy groups -OCH3 is 2. The van der Waals surface area contributed by atoms with Gasteiger partial charge >= 0.3 is 5.97 Å². The summed E-state index contributed by atoms with van der Waals surface area (Å²) in [5, 5.41) is 8.51. The minimum atomic E-state index is -0.492. The summed E-state index contributed by atoms with van der Waals surface area (Å²) < 4.78 is 18.1. The molecule has 1 atom stereocenters. The summed E-state index contributed by atoms with van der Waals surface area (Å²) in [5.41, 5.74) is 2.03. The van der Waals surface area contributed by atoms with Crippen LogP contribution in [0.25, 0.3) is 0 Å². The van der Waals surface area contributed by atoms with Gasteiger partial charge in [-0.25, -0.2) is 9.48 Å². The Bertz CT molecular complexity index is 941. The molecule has 0 saturated carbocycles. The zero-order valence-corrected chi connectivity index (χ0v) is 18.8. The second-order valence-corrected chi connectivity index (χ2v) is 8.00. The molecule has 1 aliphatic heterocycles. The molecular formula is C21H28N4O4S. The summed E-state index contributed by atoms with van der Waals surface area (Å²) in [4.78, 5) is 17.6. The third-order valence-electron chi connectivity index (χ3n) is 4.78. The lowest BCUT2D eigenvalue weighted by Crippen LogP contribution is -2.29. The molecule has 162 valence electrons. The van der Waals surface area contributed by atoms with Crippen molar-refractivity contribution >= 4 is 23.7 Å². The maximum atomic E-state index is 13.0.